The van der Waals surface area contributed by atoms with Crippen molar-refractivity contribution in [3.8, 4) is 0 Å². The van der Waals surface area contributed by atoms with Crippen LogP contribution in [0.25, 0.3) is 0 Å². The largest absolute Gasteiger partial charge is 0.509 e. The molecule has 3 saturated carbocycles. The van der Waals surface area contributed by atoms with Gasteiger partial charge in [-0.1, -0.05) is 26.8 Å². The van der Waals surface area contributed by atoms with Crippen molar-refractivity contribution < 1.29 is 42.9 Å². The van der Waals surface area contributed by atoms with Gasteiger partial charge in [-0.15, -0.1) is 0 Å². The number of aliphatic hydroxyl groups is 1. The minimum atomic E-state index is -2.35. The van der Waals surface area contributed by atoms with E-state index in [1.54, 1.807) is 34.6 Å². The first kappa shape index (κ1) is 26.8. The standard InChI is InChI=1S/C27H36F2O7/c1-7-23(3,4)35-22(34)36-27(21(32)33)14(2)10-16-17-12-19(28)18-11-15(30)8-9-24(18,5)26(17,29)20(31)13-25(16,27)6/h8-9,11,14,16-17,19-20,31H,7,10,12-13H2,1-6H3,(H,32,33)/t14-,16+,17+,19+,20+,24+,25+,26+,27?/m1/s1. The van der Waals surface area contributed by atoms with Crippen molar-refractivity contribution in [1.82, 2.24) is 0 Å². The fraction of sp³-hybridized carbons (Fsp3) is 0.741. The molecule has 0 aromatic heterocycles. The molecule has 0 aliphatic heterocycles. The van der Waals surface area contributed by atoms with Crippen molar-refractivity contribution in [2.24, 2.45) is 28.6 Å². The number of ether oxygens (including phenoxy) is 2. The Morgan fingerprint density at radius 3 is 2.44 bits per heavy atom. The molecular formula is C27H36F2O7. The highest BCUT2D eigenvalue weighted by molar-refractivity contribution is 6.01. The molecule has 0 radical (unpaired) electrons. The minimum Gasteiger partial charge on any atom is -0.478 e. The molecule has 4 aliphatic rings. The summed E-state index contributed by atoms with van der Waals surface area (Å²) in [7, 11) is 0. The third kappa shape index (κ3) is 3.26. The quantitative estimate of drug-likeness (QED) is 0.527. The highest BCUT2D eigenvalue weighted by Gasteiger charge is 2.78. The SMILES string of the molecule is CCC(C)(C)OC(=O)OC1(C(=O)O)[C@H](C)C[C@H]2[C@@H]3C[C@H](F)C4=CC(=O)C=C[C@]4(C)[C@@]3(F)[C@@H](O)C[C@@]21C. The van der Waals surface area contributed by atoms with Crippen LogP contribution in [0.15, 0.2) is 23.8 Å². The highest BCUT2D eigenvalue weighted by atomic mass is 19.1. The van der Waals surface area contributed by atoms with Gasteiger partial charge in [-0.2, -0.15) is 0 Å². The summed E-state index contributed by atoms with van der Waals surface area (Å²) < 4.78 is 43.9. The molecule has 2 N–H and O–H groups in total. The third-order valence-electron chi connectivity index (χ3n) is 9.94. The number of carboxylic acids is 1. The summed E-state index contributed by atoms with van der Waals surface area (Å²) in [5, 5.41) is 21.9. The molecule has 0 spiro atoms. The van der Waals surface area contributed by atoms with Gasteiger partial charge in [0.1, 0.15) is 11.8 Å². The van der Waals surface area contributed by atoms with Crippen LogP contribution in [-0.2, 0) is 19.1 Å². The summed E-state index contributed by atoms with van der Waals surface area (Å²) in [6, 6.07) is 0. The van der Waals surface area contributed by atoms with Crippen LogP contribution in [0, 0.1) is 28.6 Å². The fourth-order valence-corrected chi connectivity index (χ4v) is 7.69. The van der Waals surface area contributed by atoms with Crippen LogP contribution < -0.4 is 0 Å². The zero-order chi connectivity index (χ0) is 27.1. The van der Waals surface area contributed by atoms with Gasteiger partial charge in [0.15, 0.2) is 11.5 Å². The molecule has 9 heteroatoms. The van der Waals surface area contributed by atoms with E-state index < -0.39 is 75.6 Å². The van der Waals surface area contributed by atoms with E-state index in [0.717, 1.165) is 6.08 Å². The summed E-state index contributed by atoms with van der Waals surface area (Å²) in [5.41, 5.74) is -8.34. The van der Waals surface area contributed by atoms with Crippen LogP contribution in [0.5, 0.6) is 0 Å². The van der Waals surface area contributed by atoms with E-state index in [-0.39, 0.29) is 24.8 Å². The average Bonchev–Trinajstić information content (AvgIpc) is 2.99. The molecule has 0 bridgehead atoms. The Labute approximate surface area is 209 Å². The molecule has 9 atom stereocenters. The second kappa shape index (κ2) is 8.10. The molecule has 36 heavy (non-hydrogen) atoms. The van der Waals surface area contributed by atoms with Crippen LogP contribution in [-0.4, -0.2) is 57.3 Å². The summed E-state index contributed by atoms with van der Waals surface area (Å²) >= 11 is 0. The molecule has 0 aromatic rings. The molecule has 200 valence electrons. The Hall–Kier alpha value is -2.29. The number of aliphatic hydroxyl groups excluding tert-OH is 1. The molecule has 0 amide bonds. The van der Waals surface area contributed by atoms with Crippen molar-refractivity contribution in [3.05, 3.63) is 23.8 Å². The average molecular weight is 511 g/mol. The summed E-state index contributed by atoms with van der Waals surface area (Å²) in [6.45, 7) is 9.83. The van der Waals surface area contributed by atoms with Crippen molar-refractivity contribution in [2.75, 3.05) is 0 Å². The highest BCUT2D eigenvalue weighted by Crippen LogP contribution is 2.71. The lowest BCUT2D eigenvalue weighted by atomic mass is 9.44. The summed E-state index contributed by atoms with van der Waals surface area (Å²) in [5.74, 6) is -4.40. The number of hydrogen-bond acceptors (Lipinski definition) is 6. The second-order valence-electron chi connectivity index (χ2n) is 12.1. The number of carbonyl (C=O) groups is 3. The monoisotopic (exact) mass is 510 g/mol. The number of ketones is 1. The van der Waals surface area contributed by atoms with E-state index in [0.29, 0.717) is 6.42 Å². The van der Waals surface area contributed by atoms with E-state index in [1.165, 1.54) is 19.1 Å². The van der Waals surface area contributed by atoms with Crippen LogP contribution in [0.3, 0.4) is 0 Å². The topological polar surface area (TPSA) is 110 Å². The zero-order valence-electron chi connectivity index (χ0n) is 21.6. The summed E-state index contributed by atoms with van der Waals surface area (Å²) in [4.78, 5) is 37.7. The predicted molar refractivity (Wildman–Crippen MR) is 125 cm³/mol. The molecule has 0 heterocycles. The van der Waals surface area contributed by atoms with E-state index in [4.69, 9.17) is 9.47 Å². The van der Waals surface area contributed by atoms with Crippen LogP contribution in [0.1, 0.15) is 67.2 Å². The van der Waals surface area contributed by atoms with Gasteiger partial charge in [-0.25, -0.2) is 18.4 Å². The van der Waals surface area contributed by atoms with Gasteiger partial charge < -0.3 is 19.7 Å². The number of aliphatic carboxylic acids is 1. The van der Waals surface area contributed by atoms with Crippen LogP contribution >= 0.6 is 0 Å². The Morgan fingerprint density at radius 2 is 1.86 bits per heavy atom. The lowest BCUT2D eigenvalue weighted by Crippen LogP contribution is -2.71. The lowest BCUT2D eigenvalue weighted by molar-refractivity contribution is -0.233. The number of halogens is 2. The first-order valence-electron chi connectivity index (χ1n) is 12.6. The van der Waals surface area contributed by atoms with Gasteiger partial charge >= 0.3 is 12.1 Å². The zero-order valence-corrected chi connectivity index (χ0v) is 21.6. The minimum absolute atomic E-state index is 0.00595. The molecule has 0 aromatic carbocycles. The van der Waals surface area contributed by atoms with Crippen molar-refractivity contribution in [3.63, 3.8) is 0 Å². The van der Waals surface area contributed by atoms with Gasteiger partial charge in [0.2, 0.25) is 5.60 Å². The number of fused-ring (bicyclic) bond motifs is 5. The number of hydrogen-bond donors (Lipinski definition) is 2. The third-order valence-corrected chi connectivity index (χ3v) is 9.94. The van der Waals surface area contributed by atoms with Gasteiger partial charge in [-0.3, -0.25) is 4.79 Å². The molecule has 4 aliphatic carbocycles. The number of allylic oxidation sites excluding steroid dienone is 4. The Morgan fingerprint density at radius 1 is 1.22 bits per heavy atom. The number of alkyl halides is 2. The molecule has 7 nitrogen and oxygen atoms in total. The Kier molecular flexibility index (Phi) is 6.02. The van der Waals surface area contributed by atoms with E-state index in [9.17, 15) is 24.6 Å². The van der Waals surface area contributed by atoms with Crippen molar-refractivity contribution >= 4 is 17.9 Å². The maximum Gasteiger partial charge on any atom is 0.509 e. The Bertz CT molecular complexity index is 1050. The molecule has 3 fully saturated rings. The number of carbonyl (C=O) groups excluding carboxylic acids is 2. The maximum atomic E-state index is 17.3. The first-order valence-corrected chi connectivity index (χ1v) is 12.6. The molecular weight excluding hydrogens is 474 g/mol. The van der Waals surface area contributed by atoms with E-state index in [2.05, 4.69) is 0 Å². The van der Waals surface area contributed by atoms with Gasteiger partial charge in [0.05, 0.1) is 6.10 Å². The normalized spacial score (nSPS) is 45.8. The smallest absolute Gasteiger partial charge is 0.478 e. The van der Waals surface area contributed by atoms with E-state index in [1.807, 2.05) is 0 Å². The van der Waals surface area contributed by atoms with Crippen LogP contribution in [0.2, 0.25) is 0 Å². The van der Waals surface area contributed by atoms with Gasteiger partial charge in [0, 0.05) is 22.7 Å². The molecule has 0 saturated heterocycles. The molecule has 1 unspecified atom stereocenters. The lowest BCUT2D eigenvalue weighted by Gasteiger charge is -2.62. The maximum absolute atomic E-state index is 17.3. The molecule has 4 rings (SSSR count). The number of carboxylic acid groups (broad SMARTS) is 1. The first-order chi connectivity index (χ1) is 16.5. The van der Waals surface area contributed by atoms with E-state index >= 15 is 8.78 Å². The second-order valence-corrected chi connectivity index (χ2v) is 12.1. The van der Waals surface area contributed by atoms with Gasteiger partial charge in [0.25, 0.3) is 0 Å². The fourth-order valence-electron chi connectivity index (χ4n) is 7.69. The number of rotatable bonds is 4. The van der Waals surface area contributed by atoms with Crippen LogP contribution in [0.4, 0.5) is 13.6 Å². The van der Waals surface area contributed by atoms with Crippen molar-refractivity contribution in [1.29, 1.82) is 0 Å². The predicted octanol–water partition coefficient (Wildman–Crippen LogP) is 4.72. The van der Waals surface area contributed by atoms with Crippen molar-refractivity contribution in [2.45, 2.75) is 96.4 Å². The van der Waals surface area contributed by atoms with Gasteiger partial charge in [-0.05, 0) is 70.1 Å². The Balaban J connectivity index is 1.80. The summed E-state index contributed by atoms with van der Waals surface area (Å²) in [6.07, 6.45) is -0.881.